The second-order valence-electron chi connectivity index (χ2n) is 5.11. The molecule has 1 unspecified atom stereocenters. The third kappa shape index (κ3) is 3.97. The van der Waals surface area contributed by atoms with E-state index < -0.39 is 0 Å². The van der Waals surface area contributed by atoms with Crippen LogP contribution in [-0.2, 0) is 0 Å². The van der Waals surface area contributed by atoms with Crippen LogP contribution < -0.4 is 0 Å². The molecule has 1 N–H and O–H groups in total. The molecule has 16 heavy (non-hydrogen) atoms. The summed E-state index contributed by atoms with van der Waals surface area (Å²) >= 11 is 0. The van der Waals surface area contributed by atoms with E-state index in [1.807, 2.05) is 6.92 Å². The summed E-state index contributed by atoms with van der Waals surface area (Å²) in [4.78, 5) is 0. The van der Waals surface area contributed by atoms with Gasteiger partial charge in [-0.15, -0.1) is 0 Å². The van der Waals surface area contributed by atoms with Gasteiger partial charge in [0.1, 0.15) is 0 Å². The first-order valence-corrected chi connectivity index (χ1v) is 6.16. The summed E-state index contributed by atoms with van der Waals surface area (Å²) in [7, 11) is 0. The van der Waals surface area contributed by atoms with Crippen molar-refractivity contribution >= 4 is 0 Å². The van der Waals surface area contributed by atoms with Crippen LogP contribution in [0, 0.1) is 5.92 Å². The molecule has 0 fully saturated rings. The molecule has 0 aromatic carbocycles. The summed E-state index contributed by atoms with van der Waals surface area (Å²) in [6.07, 6.45) is 8.20. The zero-order valence-corrected chi connectivity index (χ0v) is 10.8. The van der Waals surface area contributed by atoms with Crippen LogP contribution in [0.25, 0.3) is 0 Å². The summed E-state index contributed by atoms with van der Waals surface area (Å²) in [6.45, 7) is 10.4. The number of allylic oxidation sites excluding steroid dienone is 4. The van der Waals surface area contributed by atoms with Crippen LogP contribution >= 0.6 is 0 Å². The maximum Gasteiger partial charge on any atom is 0.0753 e. The first-order valence-electron chi connectivity index (χ1n) is 6.16. The standard InChI is InChI=1S/C15H24O/c1-11(2)6-5-7-12(3)14-9-8-13(4)15(16)10-14/h6,8,14-16H,3,5,7,9-10H2,1-2,4H3/t14-,15?/m0/s1. The SMILES string of the molecule is C=C(CCC=C(C)C)[C@H]1CC=C(C)C(O)C1. The molecule has 1 heteroatoms. The maximum absolute atomic E-state index is 9.79. The van der Waals surface area contributed by atoms with Gasteiger partial charge >= 0.3 is 0 Å². The van der Waals surface area contributed by atoms with Crippen LogP contribution in [0.15, 0.2) is 35.5 Å². The highest BCUT2D eigenvalue weighted by atomic mass is 16.3. The fourth-order valence-corrected chi connectivity index (χ4v) is 2.10. The van der Waals surface area contributed by atoms with Gasteiger partial charge in [0.15, 0.2) is 0 Å². The monoisotopic (exact) mass is 220 g/mol. The normalized spacial score (nSPS) is 24.9. The lowest BCUT2D eigenvalue weighted by Crippen LogP contribution is -2.20. The van der Waals surface area contributed by atoms with Gasteiger partial charge in [0.05, 0.1) is 6.10 Å². The number of rotatable bonds is 4. The minimum atomic E-state index is -0.251. The molecule has 90 valence electrons. The molecule has 0 radical (unpaired) electrons. The van der Waals surface area contributed by atoms with E-state index in [0.29, 0.717) is 5.92 Å². The van der Waals surface area contributed by atoms with E-state index in [1.54, 1.807) is 0 Å². The predicted molar refractivity (Wildman–Crippen MR) is 70.3 cm³/mol. The number of aliphatic hydroxyl groups excluding tert-OH is 1. The maximum atomic E-state index is 9.79. The van der Waals surface area contributed by atoms with Crippen LogP contribution in [0.4, 0.5) is 0 Å². The topological polar surface area (TPSA) is 20.2 Å². The molecule has 0 amide bonds. The van der Waals surface area contributed by atoms with Crippen molar-refractivity contribution < 1.29 is 5.11 Å². The third-order valence-corrected chi connectivity index (χ3v) is 3.35. The average molecular weight is 220 g/mol. The van der Waals surface area contributed by atoms with Gasteiger partial charge in [-0.1, -0.05) is 29.9 Å². The molecular formula is C15H24O. The van der Waals surface area contributed by atoms with Gasteiger partial charge in [-0.2, -0.15) is 0 Å². The number of aliphatic hydroxyl groups is 1. The molecule has 1 rings (SSSR count). The lowest BCUT2D eigenvalue weighted by Gasteiger charge is -2.26. The van der Waals surface area contributed by atoms with Crippen LogP contribution in [0.3, 0.4) is 0 Å². The minimum Gasteiger partial charge on any atom is -0.389 e. The Labute approximate surface area is 99.6 Å². The van der Waals surface area contributed by atoms with E-state index >= 15 is 0 Å². The molecular weight excluding hydrogens is 196 g/mol. The summed E-state index contributed by atoms with van der Waals surface area (Å²) < 4.78 is 0. The summed E-state index contributed by atoms with van der Waals surface area (Å²) in [5.41, 5.74) is 3.78. The zero-order valence-electron chi connectivity index (χ0n) is 10.8. The zero-order chi connectivity index (χ0) is 12.1. The van der Waals surface area contributed by atoms with Crippen molar-refractivity contribution in [2.45, 2.75) is 52.6 Å². The smallest absolute Gasteiger partial charge is 0.0753 e. The van der Waals surface area contributed by atoms with Crippen molar-refractivity contribution in [3.63, 3.8) is 0 Å². The molecule has 0 spiro atoms. The molecule has 0 aromatic heterocycles. The van der Waals surface area contributed by atoms with E-state index in [4.69, 9.17) is 0 Å². The van der Waals surface area contributed by atoms with Gasteiger partial charge in [0.2, 0.25) is 0 Å². The van der Waals surface area contributed by atoms with Gasteiger partial charge in [-0.05, 0) is 57.9 Å². The predicted octanol–water partition coefficient (Wildman–Crippen LogP) is 4.01. The quantitative estimate of drug-likeness (QED) is 0.710. The molecule has 0 bridgehead atoms. The van der Waals surface area contributed by atoms with Crippen molar-refractivity contribution in [2.75, 3.05) is 0 Å². The molecule has 0 heterocycles. The lowest BCUT2D eigenvalue weighted by atomic mass is 9.82. The molecule has 1 aliphatic carbocycles. The van der Waals surface area contributed by atoms with Crippen molar-refractivity contribution in [1.29, 1.82) is 0 Å². The van der Waals surface area contributed by atoms with Gasteiger partial charge in [-0.25, -0.2) is 0 Å². The highest BCUT2D eigenvalue weighted by Gasteiger charge is 2.21. The second kappa shape index (κ2) is 6.05. The molecule has 1 aliphatic rings. The van der Waals surface area contributed by atoms with Crippen LogP contribution in [-0.4, -0.2) is 11.2 Å². The van der Waals surface area contributed by atoms with Crippen molar-refractivity contribution in [2.24, 2.45) is 5.92 Å². The Bertz CT molecular complexity index is 305. The lowest BCUT2D eigenvalue weighted by molar-refractivity contribution is 0.174. The van der Waals surface area contributed by atoms with Gasteiger partial charge in [0.25, 0.3) is 0 Å². The Balaban J connectivity index is 2.42. The minimum absolute atomic E-state index is 0.251. The fourth-order valence-electron chi connectivity index (χ4n) is 2.10. The summed E-state index contributed by atoms with van der Waals surface area (Å²) in [6, 6.07) is 0. The van der Waals surface area contributed by atoms with Gasteiger partial charge in [0, 0.05) is 0 Å². The van der Waals surface area contributed by atoms with E-state index in [9.17, 15) is 5.11 Å². The van der Waals surface area contributed by atoms with E-state index in [0.717, 1.165) is 31.3 Å². The van der Waals surface area contributed by atoms with Gasteiger partial charge < -0.3 is 5.11 Å². The largest absolute Gasteiger partial charge is 0.389 e. The van der Waals surface area contributed by atoms with Crippen LogP contribution in [0.2, 0.25) is 0 Å². The summed E-state index contributed by atoms with van der Waals surface area (Å²) in [5.74, 6) is 0.476. The summed E-state index contributed by atoms with van der Waals surface area (Å²) in [5, 5.41) is 9.79. The first-order chi connectivity index (χ1) is 7.50. The molecule has 1 nitrogen and oxygen atoms in total. The molecule has 0 saturated carbocycles. The fraction of sp³-hybridized carbons (Fsp3) is 0.600. The third-order valence-electron chi connectivity index (χ3n) is 3.35. The van der Waals surface area contributed by atoms with Crippen LogP contribution in [0.5, 0.6) is 0 Å². The molecule has 0 aliphatic heterocycles. The van der Waals surface area contributed by atoms with Crippen molar-refractivity contribution in [3.05, 3.63) is 35.5 Å². The van der Waals surface area contributed by atoms with Crippen LogP contribution in [0.1, 0.15) is 46.5 Å². The highest BCUT2D eigenvalue weighted by molar-refractivity contribution is 5.16. The average Bonchev–Trinajstić information content (AvgIpc) is 2.21. The van der Waals surface area contributed by atoms with Crippen molar-refractivity contribution in [3.8, 4) is 0 Å². The molecule has 0 saturated heterocycles. The highest BCUT2D eigenvalue weighted by Crippen LogP contribution is 2.30. The van der Waals surface area contributed by atoms with E-state index in [2.05, 4.69) is 32.6 Å². The number of hydrogen-bond acceptors (Lipinski definition) is 1. The first kappa shape index (κ1) is 13.2. The van der Waals surface area contributed by atoms with E-state index in [-0.39, 0.29) is 6.10 Å². The molecule has 0 aromatic rings. The van der Waals surface area contributed by atoms with E-state index in [1.165, 1.54) is 11.1 Å². The Morgan fingerprint density at radius 2 is 2.25 bits per heavy atom. The Hall–Kier alpha value is -0.820. The Morgan fingerprint density at radius 1 is 1.56 bits per heavy atom. The Morgan fingerprint density at radius 3 is 2.81 bits per heavy atom. The number of hydrogen-bond donors (Lipinski definition) is 1. The second-order valence-corrected chi connectivity index (χ2v) is 5.11. The molecule has 2 atom stereocenters. The Kier molecular flexibility index (Phi) is 5.01. The van der Waals surface area contributed by atoms with Crippen molar-refractivity contribution in [1.82, 2.24) is 0 Å². The van der Waals surface area contributed by atoms with Gasteiger partial charge in [-0.3, -0.25) is 0 Å².